The number of methoxy groups -OCH3 is 1. The molecule has 0 spiro atoms. The highest BCUT2D eigenvalue weighted by atomic mass is 16.5. The number of nitrogens with one attached hydrogen (secondary N) is 1. The smallest absolute Gasteiger partial charge is 0.409 e. The fourth-order valence-electron chi connectivity index (χ4n) is 2.74. The van der Waals surface area contributed by atoms with Gasteiger partial charge in [0.1, 0.15) is 0 Å². The minimum absolute atomic E-state index is 0.0249. The van der Waals surface area contributed by atoms with E-state index in [1.807, 2.05) is 0 Å². The second-order valence-corrected chi connectivity index (χ2v) is 5.33. The number of aromatic hydroxyl groups is 1. The summed E-state index contributed by atoms with van der Waals surface area (Å²) in [5, 5.41) is 30.3. The first-order valence-corrected chi connectivity index (χ1v) is 7.30. The van der Waals surface area contributed by atoms with E-state index in [-0.39, 0.29) is 35.4 Å². The van der Waals surface area contributed by atoms with E-state index in [2.05, 4.69) is 5.32 Å². The molecule has 8 heteroatoms. The molecule has 1 aliphatic heterocycles. The molecular formula is C15H20N2O6. The summed E-state index contributed by atoms with van der Waals surface area (Å²) in [6.07, 6.45) is 1.09. The lowest BCUT2D eigenvalue weighted by Crippen LogP contribution is -2.45. The van der Waals surface area contributed by atoms with Gasteiger partial charge in [0.15, 0.2) is 11.5 Å². The minimum Gasteiger partial charge on any atom is -0.504 e. The zero-order valence-corrected chi connectivity index (χ0v) is 12.8. The van der Waals surface area contributed by atoms with Gasteiger partial charge in [0.05, 0.1) is 31.0 Å². The number of amides is 2. The highest BCUT2D eigenvalue weighted by Gasteiger charge is 2.29. The molecule has 126 valence electrons. The molecule has 0 aliphatic carbocycles. The number of hydrogen-bond donors (Lipinski definition) is 4. The number of phenolic OH excluding ortho intramolecular Hbond substituents is 1. The van der Waals surface area contributed by atoms with Crippen molar-refractivity contribution in [2.45, 2.75) is 25.3 Å². The third kappa shape index (κ3) is 3.65. The Labute approximate surface area is 133 Å². The first-order chi connectivity index (χ1) is 11.0. The average Bonchev–Trinajstić information content (AvgIpc) is 2.54. The van der Waals surface area contributed by atoms with Crippen molar-refractivity contribution < 1.29 is 29.6 Å². The number of benzene rings is 1. The molecule has 0 radical (unpaired) electrons. The largest absolute Gasteiger partial charge is 0.504 e. The van der Waals surface area contributed by atoms with E-state index in [0.717, 1.165) is 18.9 Å². The Hall–Kier alpha value is -2.48. The first-order valence-electron chi connectivity index (χ1n) is 7.30. The second-order valence-electron chi connectivity index (χ2n) is 5.33. The Morgan fingerprint density at radius 1 is 1.39 bits per heavy atom. The van der Waals surface area contributed by atoms with Gasteiger partial charge in [-0.25, -0.2) is 4.79 Å². The first kappa shape index (κ1) is 16.9. The number of ether oxygens (including phenoxy) is 1. The van der Waals surface area contributed by atoms with Gasteiger partial charge in [0, 0.05) is 12.6 Å². The molecule has 1 saturated heterocycles. The predicted octanol–water partition coefficient (Wildman–Crippen LogP) is 1.48. The van der Waals surface area contributed by atoms with E-state index < -0.39 is 12.0 Å². The summed E-state index contributed by atoms with van der Waals surface area (Å²) in [5.74, 6) is -0.613. The Morgan fingerprint density at radius 2 is 2.13 bits per heavy atom. The molecule has 2 rings (SSSR count). The van der Waals surface area contributed by atoms with E-state index in [0.29, 0.717) is 13.0 Å². The van der Waals surface area contributed by atoms with Gasteiger partial charge in [-0.15, -0.1) is 0 Å². The van der Waals surface area contributed by atoms with Crippen molar-refractivity contribution in [3.8, 4) is 11.5 Å². The van der Waals surface area contributed by atoms with Crippen molar-refractivity contribution in [1.82, 2.24) is 4.90 Å². The van der Waals surface area contributed by atoms with Gasteiger partial charge in [-0.1, -0.05) is 0 Å². The second kappa shape index (κ2) is 7.19. The number of nitrogens with zero attached hydrogens (tertiary/aromatic N) is 1. The summed E-state index contributed by atoms with van der Waals surface area (Å²) in [7, 11) is 1.34. The zero-order valence-electron chi connectivity index (χ0n) is 12.8. The molecule has 1 atom stereocenters. The maximum absolute atomic E-state index is 12.8. The molecule has 23 heavy (non-hydrogen) atoms. The molecule has 1 aliphatic rings. The fraction of sp³-hybridized carbons (Fsp3) is 0.467. The van der Waals surface area contributed by atoms with Crippen LogP contribution in [0.1, 0.15) is 29.6 Å². The molecule has 1 fully saturated rings. The quantitative estimate of drug-likeness (QED) is 0.666. The summed E-state index contributed by atoms with van der Waals surface area (Å²) >= 11 is 0. The number of likely N-dealkylation sites (tertiary alicyclic amines) is 1. The molecule has 1 heterocycles. The molecule has 1 unspecified atom stereocenters. The minimum atomic E-state index is -1.35. The highest BCUT2D eigenvalue weighted by Crippen LogP contribution is 2.34. The van der Waals surface area contributed by atoms with Crippen LogP contribution in [0.3, 0.4) is 0 Å². The summed E-state index contributed by atoms with van der Waals surface area (Å²) < 4.78 is 4.99. The molecular weight excluding hydrogens is 304 g/mol. The van der Waals surface area contributed by atoms with Crippen molar-refractivity contribution >= 4 is 17.7 Å². The average molecular weight is 324 g/mol. The maximum Gasteiger partial charge on any atom is 0.409 e. The molecule has 1 aromatic rings. The van der Waals surface area contributed by atoms with Crippen LogP contribution in [-0.4, -0.2) is 58.5 Å². The monoisotopic (exact) mass is 324 g/mol. The van der Waals surface area contributed by atoms with E-state index in [1.54, 1.807) is 0 Å². The number of rotatable bonds is 4. The summed E-state index contributed by atoms with van der Waals surface area (Å²) in [6.45, 7) is 0.336. The molecule has 2 amide bonds. The van der Waals surface area contributed by atoms with Crippen molar-refractivity contribution in [1.29, 1.82) is 0 Å². The standard InChI is InChI=1S/C15H20N2O6/c1-23-13-6-10(11(7-12(13)19)16-15(21)22)14(20)17-5-3-2-4-9(17)8-18/h6-7,9,16,18-19H,2-5,8H2,1H3,(H,21,22). The normalized spacial score (nSPS) is 17.7. The van der Waals surface area contributed by atoms with Crippen molar-refractivity contribution in [3.05, 3.63) is 17.7 Å². The van der Waals surface area contributed by atoms with Crippen LogP contribution >= 0.6 is 0 Å². The fourth-order valence-corrected chi connectivity index (χ4v) is 2.74. The number of aliphatic hydroxyl groups is 1. The van der Waals surface area contributed by atoms with Crippen LogP contribution in [0.4, 0.5) is 10.5 Å². The van der Waals surface area contributed by atoms with Crippen LogP contribution in [0.5, 0.6) is 11.5 Å². The van der Waals surface area contributed by atoms with Crippen molar-refractivity contribution in [2.75, 3.05) is 25.6 Å². The number of carbonyl (C=O) groups is 2. The number of anilines is 1. The number of hydrogen-bond acceptors (Lipinski definition) is 5. The lowest BCUT2D eigenvalue weighted by Gasteiger charge is -2.35. The lowest BCUT2D eigenvalue weighted by molar-refractivity contribution is 0.0503. The molecule has 0 bridgehead atoms. The highest BCUT2D eigenvalue weighted by molar-refractivity contribution is 6.03. The predicted molar refractivity (Wildman–Crippen MR) is 82.1 cm³/mol. The van der Waals surface area contributed by atoms with Gasteiger partial charge in [-0.2, -0.15) is 0 Å². The maximum atomic E-state index is 12.8. The Kier molecular flexibility index (Phi) is 5.28. The Balaban J connectivity index is 2.42. The van der Waals surface area contributed by atoms with Crippen LogP contribution in [-0.2, 0) is 0 Å². The lowest BCUT2D eigenvalue weighted by atomic mass is 10.0. The van der Waals surface area contributed by atoms with E-state index in [4.69, 9.17) is 9.84 Å². The van der Waals surface area contributed by atoms with Crippen LogP contribution < -0.4 is 10.1 Å². The molecule has 4 N–H and O–H groups in total. The SMILES string of the molecule is COc1cc(C(=O)N2CCCCC2CO)c(NC(=O)O)cc1O. The zero-order chi connectivity index (χ0) is 17.0. The molecule has 8 nitrogen and oxygen atoms in total. The summed E-state index contributed by atoms with van der Waals surface area (Å²) in [4.78, 5) is 25.2. The van der Waals surface area contributed by atoms with Crippen LogP contribution in [0.2, 0.25) is 0 Å². The van der Waals surface area contributed by atoms with Gasteiger partial charge >= 0.3 is 6.09 Å². The van der Waals surface area contributed by atoms with Crippen molar-refractivity contribution in [2.24, 2.45) is 0 Å². The number of carbonyl (C=O) groups excluding carboxylic acids is 1. The third-order valence-corrected chi connectivity index (χ3v) is 3.89. The number of phenols is 1. The summed E-state index contributed by atoms with van der Waals surface area (Å²) in [5.41, 5.74) is 0.0467. The number of carboxylic acid groups (broad SMARTS) is 1. The van der Waals surface area contributed by atoms with Gasteiger partial charge in [0.25, 0.3) is 5.91 Å². The van der Waals surface area contributed by atoms with Crippen LogP contribution in [0, 0.1) is 0 Å². The van der Waals surface area contributed by atoms with Crippen LogP contribution in [0.15, 0.2) is 12.1 Å². The number of aliphatic hydroxyl groups excluding tert-OH is 1. The van der Waals surface area contributed by atoms with Gasteiger partial charge in [0.2, 0.25) is 0 Å². The Morgan fingerprint density at radius 3 is 2.74 bits per heavy atom. The summed E-state index contributed by atoms with van der Waals surface area (Å²) in [6, 6.07) is 2.14. The van der Waals surface area contributed by atoms with E-state index in [9.17, 15) is 19.8 Å². The van der Waals surface area contributed by atoms with Gasteiger partial charge in [-0.3, -0.25) is 10.1 Å². The third-order valence-electron chi connectivity index (χ3n) is 3.89. The molecule has 1 aromatic carbocycles. The van der Waals surface area contributed by atoms with E-state index in [1.165, 1.54) is 18.1 Å². The van der Waals surface area contributed by atoms with E-state index >= 15 is 0 Å². The van der Waals surface area contributed by atoms with Gasteiger partial charge in [-0.05, 0) is 25.3 Å². The van der Waals surface area contributed by atoms with Crippen molar-refractivity contribution in [3.63, 3.8) is 0 Å². The Bertz CT molecular complexity index is 604. The molecule has 0 aromatic heterocycles. The topological polar surface area (TPSA) is 119 Å². The number of piperidine rings is 1. The molecule has 0 saturated carbocycles. The van der Waals surface area contributed by atoms with Gasteiger partial charge < -0.3 is 25.0 Å². The van der Waals surface area contributed by atoms with Crippen LogP contribution in [0.25, 0.3) is 0 Å².